The Morgan fingerprint density at radius 1 is 1.11 bits per heavy atom. The van der Waals surface area contributed by atoms with E-state index in [9.17, 15) is 0 Å². The van der Waals surface area contributed by atoms with Gasteiger partial charge in [0.1, 0.15) is 0 Å². The summed E-state index contributed by atoms with van der Waals surface area (Å²) in [7, 11) is 0. The van der Waals surface area contributed by atoms with Crippen molar-refractivity contribution in [1.29, 1.82) is 0 Å². The number of nitrogens with one attached hydrogen (secondary N) is 3. The van der Waals surface area contributed by atoms with Gasteiger partial charge in [-0.3, -0.25) is 9.97 Å². The lowest BCUT2D eigenvalue weighted by atomic mass is 10.0. The van der Waals surface area contributed by atoms with Gasteiger partial charge in [-0.1, -0.05) is 12.1 Å². The van der Waals surface area contributed by atoms with E-state index in [4.69, 9.17) is 0 Å². The van der Waals surface area contributed by atoms with Crippen molar-refractivity contribution in [3.8, 4) is 22.6 Å². The molecule has 0 amide bonds. The fraction of sp³-hybridized carbons (Fsp3) is 0.227. The van der Waals surface area contributed by atoms with E-state index >= 15 is 0 Å². The highest BCUT2D eigenvalue weighted by atomic mass is 15.0. The summed E-state index contributed by atoms with van der Waals surface area (Å²) in [6, 6.07) is 14.9. The van der Waals surface area contributed by atoms with Crippen LogP contribution in [-0.4, -0.2) is 39.1 Å². The van der Waals surface area contributed by atoms with Gasteiger partial charge in [-0.05, 0) is 50.2 Å². The van der Waals surface area contributed by atoms with E-state index in [0.29, 0.717) is 6.04 Å². The summed E-state index contributed by atoms with van der Waals surface area (Å²) in [5.41, 5.74) is 6.80. The van der Waals surface area contributed by atoms with Gasteiger partial charge in [-0.15, -0.1) is 0 Å². The first kappa shape index (κ1) is 16.9. The molecular weight excluding hydrogens is 348 g/mol. The molecule has 1 atom stereocenters. The van der Waals surface area contributed by atoms with Crippen LogP contribution in [0.5, 0.6) is 0 Å². The van der Waals surface area contributed by atoms with Crippen LogP contribution < -0.4 is 10.6 Å². The second-order valence-electron chi connectivity index (χ2n) is 7.26. The fourth-order valence-electron chi connectivity index (χ4n) is 3.76. The molecule has 1 fully saturated rings. The van der Waals surface area contributed by atoms with E-state index in [0.717, 1.165) is 64.4 Å². The highest BCUT2D eigenvalue weighted by Crippen LogP contribution is 2.30. The molecule has 3 N–H and O–H groups in total. The molecule has 4 heterocycles. The Bertz CT molecular complexity index is 1130. The molecule has 28 heavy (non-hydrogen) atoms. The Hall–Kier alpha value is -3.25. The Labute approximate surface area is 163 Å². The average molecular weight is 370 g/mol. The largest absolute Gasteiger partial charge is 0.380 e. The second kappa shape index (κ2) is 7.05. The maximum atomic E-state index is 4.64. The van der Waals surface area contributed by atoms with Crippen LogP contribution in [0.2, 0.25) is 0 Å². The minimum absolute atomic E-state index is 0.466. The van der Waals surface area contributed by atoms with Gasteiger partial charge in [-0.2, -0.15) is 0 Å². The third-order valence-electron chi connectivity index (χ3n) is 5.17. The number of aromatic nitrogens is 4. The first-order chi connectivity index (χ1) is 13.8. The number of pyridine rings is 2. The standard InChI is InChI=1S/C22H22N6/c1-14-3-2-4-20(27-14)22-21(25-13-26-22)15-5-6-19-16(9-15)10-18(12-24-19)28-17-7-8-23-11-17/h2-6,9-10,12-13,17,23,28H,7-8,11H2,1H3,(H,25,26). The lowest BCUT2D eigenvalue weighted by Crippen LogP contribution is -2.22. The van der Waals surface area contributed by atoms with E-state index in [1.54, 1.807) is 6.33 Å². The van der Waals surface area contributed by atoms with Crippen molar-refractivity contribution >= 4 is 16.6 Å². The van der Waals surface area contributed by atoms with Gasteiger partial charge < -0.3 is 15.6 Å². The van der Waals surface area contributed by atoms with E-state index in [1.807, 2.05) is 37.4 Å². The van der Waals surface area contributed by atoms with Crippen molar-refractivity contribution in [1.82, 2.24) is 25.3 Å². The summed E-state index contributed by atoms with van der Waals surface area (Å²) in [5.74, 6) is 0. The highest BCUT2D eigenvalue weighted by molar-refractivity contribution is 5.88. The molecule has 0 bridgehead atoms. The van der Waals surface area contributed by atoms with E-state index in [-0.39, 0.29) is 0 Å². The van der Waals surface area contributed by atoms with Crippen molar-refractivity contribution < 1.29 is 0 Å². The van der Waals surface area contributed by atoms with Gasteiger partial charge >= 0.3 is 0 Å². The molecule has 1 aliphatic heterocycles. The summed E-state index contributed by atoms with van der Waals surface area (Å²) in [6.07, 6.45) is 4.78. The number of anilines is 1. The summed E-state index contributed by atoms with van der Waals surface area (Å²) >= 11 is 0. The number of rotatable bonds is 4. The van der Waals surface area contributed by atoms with Crippen LogP contribution in [0.4, 0.5) is 5.69 Å². The minimum atomic E-state index is 0.466. The molecule has 0 radical (unpaired) electrons. The van der Waals surface area contributed by atoms with Crippen LogP contribution >= 0.6 is 0 Å². The summed E-state index contributed by atoms with van der Waals surface area (Å²) in [4.78, 5) is 17.1. The second-order valence-corrected chi connectivity index (χ2v) is 7.26. The number of aryl methyl sites for hydroxylation is 1. The van der Waals surface area contributed by atoms with Crippen molar-refractivity contribution in [2.75, 3.05) is 18.4 Å². The third kappa shape index (κ3) is 3.23. The molecule has 5 rings (SSSR count). The predicted octanol–water partition coefficient (Wildman–Crippen LogP) is 3.77. The van der Waals surface area contributed by atoms with Gasteiger partial charge in [0, 0.05) is 29.2 Å². The number of fused-ring (bicyclic) bond motifs is 1. The molecule has 3 aromatic heterocycles. The van der Waals surface area contributed by atoms with Crippen LogP contribution in [-0.2, 0) is 0 Å². The molecule has 0 saturated carbocycles. The first-order valence-corrected chi connectivity index (χ1v) is 9.61. The van der Waals surface area contributed by atoms with Gasteiger partial charge in [0.2, 0.25) is 0 Å². The van der Waals surface area contributed by atoms with Crippen LogP contribution in [0, 0.1) is 6.92 Å². The zero-order chi connectivity index (χ0) is 18.9. The van der Waals surface area contributed by atoms with Crippen LogP contribution in [0.15, 0.2) is 55.0 Å². The smallest absolute Gasteiger partial charge is 0.0977 e. The van der Waals surface area contributed by atoms with E-state index in [2.05, 4.69) is 48.8 Å². The molecule has 6 heteroatoms. The van der Waals surface area contributed by atoms with Gasteiger partial charge in [0.25, 0.3) is 0 Å². The number of hydrogen-bond acceptors (Lipinski definition) is 5. The number of H-pyrrole nitrogens is 1. The zero-order valence-corrected chi connectivity index (χ0v) is 15.7. The summed E-state index contributed by atoms with van der Waals surface area (Å²) in [5, 5.41) is 8.05. The zero-order valence-electron chi connectivity index (χ0n) is 15.7. The van der Waals surface area contributed by atoms with Crippen molar-refractivity contribution in [3.63, 3.8) is 0 Å². The molecular formula is C22H22N6. The van der Waals surface area contributed by atoms with Gasteiger partial charge in [0.05, 0.1) is 40.8 Å². The number of aromatic amines is 1. The molecule has 1 aromatic carbocycles. The normalized spacial score (nSPS) is 16.5. The number of imidazole rings is 1. The van der Waals surface area contributed by atoms with Crippen LogP contribution in [0.25, 0.3) is 33.5 Å². The fourth-order valence-corrected chi connectivity index (χ4v) is 3.76. The monoisotopic (exact) mass is 370 g/mol. The van der Waals surface area contributed by atoms with Crippen LogP contribution in [0.1, 0.15) is 12.1 Å². The molecule has 140 valence electrons. The summed E-state index contributed by atoms with van der Waals surface area (Å²) < 4.78 is 0. The molecule has 1 saturated heterocycles. The Balaban J connectivity index is 1.52. The topological polar surface area (TPSA) is 78.5 Å². The maximum absolute atomic E-state index is 4.64. The number of benzene rings is 1. The molecule has 1 unspecified atom stereocenters. The molecule has 1 aliphatic rings. The van der Waals surface area contributed by atoms with Gasteiger partial charge in [-0.25, -0.2) is 4.98 Å². The Morgan fingerprint density at radius 2 is 2.07 bits per heavy atom. The highest BCUT2D eigenvalue weighted by Gasteiger charge is 2.15. The van der Waals surface area contributed by atoms with E-state index < -0.39 is 0 Å². The van der Waals surface area contributed by atoms with Crippen molar-refractivity contribution in [3.05, 3.63) is 60.7 Å². The molecule has 4 aromatic rings. The Morgan fingerprint density at radius 3 is 2.93 bits per heavy atom. The first-order valence-electron chi connectivity index (χ1n) is 9.61. The van der Waals surface area contributed by atoms with Crippen LogP contribution in [0.3, 0.4) is 0 Å². The third-order valence-corrected chi connectivity index (χ3v) is 5.17. The lowest BCUT2D eigenvalue weighted by Gasteiger charge is -2.13. The molecule has 0 aliphatic carbocycles. The average Bonchev–Trinajstić information content (AvgIpc) is 3.39. The van der Waals surface area contributed by atoms with Crippen molar-refractivity contribution in [2.45, 2.75) is 19.4 Å². The molecule has 6 nitrogen and oxygen atoms in total. The minimum Gasteiger partial charge on any atom is -0.380 e. The SMILES string of the molecule is Cc1cccc(-c2[nH]cnc2-c2ccc3ncc(NC4CCNC4)cc3c2)n1. The number of nitrogens with zero attached hydrogens (tertiary/aromatic N) is 3. The Kier molecular flexibility index (Phi) is 4.25. The predicted molar refractivity (Wildman–Crippen MR) is 112 cm³/mol. The lowest BCUT2D eigenvalue weighted by molar-refractivity contribution is 0.793. The quantitative estimate of drug-likeness (QED) is 0.510. The maximum Gasteiger partial charge on any atom is 0.0977 e. The summed E-state index contributed by atoms with van der Waals surface area (Å²) in [6.45, 7) is 4.06. The van der Waals surface area contributed by atoms with Gasteiger partial charge in [0.15, 0.2) is 0 Å². The van der Waals surface area contributed by atoms with E-state index in [1.165, 1.54) is 0 Å². The molecule has 0 spiro atoms. The van der Waals surface area contributed by atoms with Crippen molar-refractivity contribution in [2.24, 2.45) is 0 Å². The number of hydrogen-bond donors (Lipinski definition) is 3.